The first-order chi connectivity index (χ1) is 19.3. The highest BCUT2D eigenvalue weighted by atomic mass is 32.2. The number of aromatic amines is 1. The van der Waals surface area contributed by atoms with Crippen LogP contribution in [0.2, 0.25) is 0 Å². The number of fused-ring (bicyclic) bond motifs is 3. The number of H-pyrrole nitrogens is 1. The highest BCUT2D eigenvalue weighted by Gasteiger charge is 2.33. The van der Waals surface area contributed by atoms with E-state index in [0.29, 0.717) is 17.0 Å². The van der Waals surface area contributed by atoms with Gasteiger partial charge in [0, 0.05) is 44.2 Å². The molecule has 0 amide bonds. The van der Waals surface area contributed by atoms with E-state index in [9.17, 15) is 13.2 Å². The Labute approximate surface area is 232 Å². The standard InChI is InChI=1S/C30H31N5O4S/c1-20(39-21(2)36)29-32-26-27(35(29)23-14-17-34(18-15-23)19-22-9-5-3-6-10-22)25-13-16-31-28(25)33-30(26)40(37,38)24-11-7-4-8-12-24/h3-13,16,20,23H,14-15,17-19H2,1-2H3,(H,31,33). The summed E-state index contributed by atoms with van der Waals surface area (Å²) >= 11 is 0. The van der Waals surface area contributed by atoms with Gasteiger partial charge in [0.2, 0.25) is 9.84 Å². The maximum Gasteiger partial charge on any atom is 0.303 e. The molecule has 3 aromatic heterocycles. The number of ether oxygens (including phenoxy) is 1. The molecule has 10 heteroatoms. The zero-order chi connectivity index (χ0) is 27.9. The van der Waals surface area contributed by atoms with Gasteiger partial charge in [-0.1, -0.05) is 48.5 Å². The Morgan fingerprint density at radius 3 is 2.38 bits per heavy atom. The zero-order valence-electron chi connectivity index (χ0n) is 22.4. The van der Waals surface area contributed by atoms with Crippen molar-refractivity contribution >= 4 is 37.9 Å². The minimum atomic E-state index is -3.98. The van der Waals surface area contributed by atoms with Crippen molar-refractivity contribution in [3.8, 4) is 0 Å². The average Bonchev–Trinajstić information content (AvgIpc) is 3.59. The summed E-state index contributed by atoms with van der Waals surface area (Å²) in [5.74, 6) is 0.0950. The van der Waals surface area contributed by atoms with Crippen LogP contribution in [-0.2, 0) is 25.9 Å². The van der Waals surface area contributed by atoms with Crippen LogP contribution >= 0.6 is 0 Å². The summed E-state index contributed by atoms with van der Waals surface area (Å²) in [5, 5.41) is 0.669. The normalized spacial score (nSPS) is 15.9. The van der Waals surface area contributed by atoms with Crippen LogP contribution in [0.3, 0.4) is 0 Å². The molecule has 1 saturated heterocycles. The molecule has 206 valence electrons. The minimum Gasteiger partial charge on any atom is -0.455 e. The summed E-state index contributed by atoms with van der Waals surface area (Å²) in [6, 6.07) is 20.6. The Kier molecular flexibility index (Phi) is 6.89. The molecular formula is C30H31N5O4S. The van der Waals surface area contributed by atoms with Crippen LogP contribution in [0, 0.1) is 0 Å². The summed E-state index contributed by atoms with van der Waals surface area (Å²) in [7, 11) is -3.98. The van der Waals surface area contributed by atoms with Crippen molar-refractivity contribution in [1.29, 1.82) is 0 Å². The fourth-order valence-corrected chi connectivity index (χ4v) is 7.04. The molecule has 1 atom stereocenters. The number of hydrogen-bond acceptors (Lipinski definition) is 7. The molecule has 1 aliphatic heterocycles. The predicted molar refractivity (Wildman–Crippen MR) is 151 cm³/mol. The summed E-state index contributed by atoms with van der Waals surface area (Å²) in [4.78, 5) is 27.0. The van der Waals surface area contributed by atoms with Gasteiger partial charge >= 0.3 is 5.97 Å². The minimum absolute atomic E-state index is 0.0396. The van der Waals surface area contributed by atoms with Crippen molar-refractivity contribution in [2.75, 3.05) is 13.1 Å². The highest BCUT2D eigenvalue weighted by molar-refractivity contribution is 7.91. The van der Waals surface area contributed by atoms with Gasteiger partial charge in [-0.05, 0) is 43.5 Å². The highest BCUT2D eigenvalue weighted by Crippen LogP contribution is 2.38. The van der Waals surface area contributed by atoms with Crippen molar-refractivity contribution in [2.24, 2.45) is 0 Å². The number of carbonyl (C=O) groups excluding carboxylic acids is 1. The maximum absolute atomic E-state index is 13.9. The van der Waals surface area contributed by atoms with E-state index in [4.69, 9.17) is 9.72 Å². The number of benzene rings is 2. The fraction of sp³-hybridized carbons (Fsp3) is 0.300. The molecule has 0 bridgehead atoms. The van der Waals surface area contributed by atoms with Gasteiger partial charge < -0.3 is 14.3 Å². The maximum atomic E-state index is 13.9. The Bertz CT molecular complexity index is 1770. The second kappa shape index (κ2) is 10.5. The number of imidazole rings is 1. The number of esters is 1. The Morgan fingerprint density at radius 2 is 1.70 bits per heavy atom. The number of nitrogens with zero attached hydrogens (tertiary/aromatic N) is 4. The van der Waals surface area contributed by atoms with E-state index in [1.165, 1.54) is 12.5 Å². The molecular weight excluding hydrogens is 526 g/mol. The van der Waals surface area contributed by atoms with Crippen LogP contribution in [0.25, 0.3) is 22.1 Å². The van der Waals surface area contributed by atoms with Crippen molar-refractivity contribution in [3.05, 3.63) is 84.3 Å². The van der Waals surface area contributed by atoms with Crippen molar-refractivity contribution in [2.45, 2.75) is 55.3 Å². The van der Waals surface area contributed by atoms with Crippen molar-refractivity contribution in [1.82, 2.24) is 24.4 Å². The van der Waals surface area contributed by atoms with Crippen LogP contribution in [-0.4, -0.2) is 51.9 Å². The SMILES string of the molecule is CC(=O)OC(C)c1nc2c(S(=O)(=O)c3ccccc3)nc3[nH]ccc3c2n1C1CCN(Cc2ccccc2)CC1. The number of hydrogen-bond donors (Lipinski definition) is 1. The van der Waals surface area contributed by atoms with Crippen LogP contribution in [0.15, 0.2) is 82.8 Å². The molecule has 4 heterocycles. The van der Waals surface area contributed by atoms with Crippen LogP contribution in [0.1, 0.15) is 50.2 Å². The van der Waals surface area contributed by atoms with Gasteiger partial charge in [-0.3, -0.25) is 9.69 Å². The average molecular weight is 558 g/mol. The number of aromatic nitrogens is 4. The van der Waals surface area contributed by atoms with E-state index in [-0.39, 0.29) is 21.5 Å². The molecule has 0 aliphatic carbocycles. The van der Waals surface area contributed by atoms with Crippen molar-refractivity contribution in [3.63, 3.8) is 0 Å². The molecule has 0 spiro atoms. The molecule has 40 heavy (non-hydrogen) atoms. The number of nitrogens with one attached hydrogen (secondary N) is 1. The quantitative estimate of drug-likeness (QED) is 0.274. The largest absolute Gasteiger partial charge is 0.455 e. The summed E-state index contributed by atoms with van der Waals surface area (Å²) in [5.41, 5.74) is 2.72. The zero-order valence-corrected chi connectivity index (χ0v) is 23.3. The lowest BCUT2D eigenvalue weighted by molar-refractivity contribution is -0.146. The number of piperidine rings is 1. The molecule has 6 rings (SSSR count). The number of rotatable bonds is 7. The van der Waals surface area contributed by atoms with Gasteiger partial charge in [0.25, 0.3) is 0 Å². The third-order valence-corrected chi connectivity index (χ3v) is 9.21. The Morgan fingerprint density at radius 1 is 1.02 bits per heavy atom. The Balaban J connectivity index is 1.48. The molecule has 1 fully saturated rings. The number of likely N-dealkylation sites (tertiary alicyclic amines) is 1. The lowest BCUT2D eigenvalue weighted by atomic mass is 10.0. The fourth-order valence-electron chi connectivity index (χ4n) is 5.69. The van der Waals surface area contributed by atoms with Gasteiger partial charge in [0.15, 0.2) is 17.0 Å². The topological polar surface area (TPSA) is 110 Å². The number of carbonyl (C=O) groups is 1. The molecule has 0 radical (unpaired) electrons. The molecule has 2 aromatic carbocycles. The van der Waals surface area contributed by atoms with Crippen molar-refractivity contribution < 1.29 is 17.9 Å². The van der Waals surface area contributed by atoms with E-state index in [2.05, 4.69) is 43.7 Å². The second-order valence-electron chi connectivity index (χ2n) is 10.3. The first-order valence-electron chi connectivity index (χ1n) is 13.5. The van der Waals surface area contributed by atoms with E-state index in [1.807, 2.05) is 12.1 Å². The summed E-state index contributed by atoms with van der Waals surface area (Å²) in [6.07, 6.45) is 2.76. The van der Waals surface area contributed by atoms with Gasteiger partial charge in [0.05, 0.1) is 10.4 Å². The number of sulfone groups is 1. The van der Waals surface area contributed by atoms with Gasteiger partial charge in [0.1, 0.15) is 11.2 Å². The Hall–Kier alpha value is -4.02. The van der Waals surface area contributed by atoms with Crippen LogP contribution in [0.5, 0.6) is 0 Å². The second-order valence-corrected chi connectivity index (χ2v) is 12.1. The monoisotopic (exact) mass is 557 g/mol. The summed E-state index contributed by atoms with van der Waals surface area (Å²) < 4.78 is 35.4. The lowest BCUT2D eigenvalue weighted by Gasteiger charge is -2.34. The molecule has 5 aromatic rings. The lowest BCUT2D eigenvalue weighted by Crippen LogP contribution is -2.34. The van der Waals surface area contributed by atoms with E-state index in [0.717, 1.165) is 37.9 Å². The third kappa shape index (κ3) is 4.77. The smallest absolute Gasteiger partial charge is 0.303 e. The first-order valence-corrected chi connectivity index (χ1v) is 14.9. The van der Waals surface area contributed by atoms with E-state index < -0.39 is 21.9 Å². The third-order valence-electron chi connectivity index (χ3n) is 7.52. The van der Waals surface area contributed by atoms with Gasteiger partial charge in [-0.2, -0.15) is 0 Å². The van der Waals surface area contributed by atoms with E-state index in [1.54, 1.807) is 43.5 Å². The number of pyridine rings is 1. The molecule has 0 saturated carbocycles. The molecule has 1 unspecified atom stereocenters. The van der Waals surface area contributed by atoms with Crippen LogP contribution in [0.4, 0.5) is 0 Å². The molecule has 9 nitrogen and oxygen atoms in total. The van der Waals surface area contributed by atoms with Crippen LogP contribution < -0.4 is 0 Å². The van der Waals surface area contributed by atoms with Gasteiger partial charge in [-0.15, -0.1) is 0 Å². The van der Waals surface area contributed by atoms with Gasteiger partial charge in [-0.25, -0.2) is 18.4 Å². The van der Waals surface area contributed by atoms with E-state index >= 15 is 0 Å². The summed E-state index contributed by atoms with van der Waals surface area (Å²) in [6.45, 7) is 5.76. The predicted octanol–water partition coefficient (Wildman–Crippen LogP) is 5.21. The molecule has 1 N–H and O–H groups in total. The first kappa shape index (κ1) is 26.2. The molecule has 1 aliphatic rings.